The van der Waals surface area contributed by atoms with Crippen LogP contribution in [0.15, 0.2) is 11.4 Å². The van der Waals surface area contributed by atoms with Crippen molar-refractivity contribution < 1.29 is 0 Å². The highest BCUT2D eigenvalue weighted by Crippen LogP contribution is 2.33. The standard InChI is InChI=1S/C12H14ClN3S2/c1-17-8-3-2-7(6-8)14-11-10-9(4-5-18-10)15-12(13)16-11/h4-5,7-8H,2-3,6H2,1H3,(H,14,15,16). The van der Waals surface area contributed by atoms with Crippen molar-refractivity contribution in [1.29, 1.82) is 0 Å². The minimum absolute atomic E-state index is 0.322. The third-order valence-electron chi connectivity index (χ3n) is 3.33. The third kappa shape index (κ3) is 2.44. The molecule has 0 aliphatic heterocycles. The van der Waals surface area contributed by atoms with Crippen LogP contribution in [-0.4, -0.2) is 27.5 Å². The first kappa shape index (κ1) is 12.5. The fraction of sp³-hybridized carbons (Fsp3) is 0.500. The van der Waals surface area contributed by atoms with Gasteiger partial charge in [-0.3, -0.25) is 0 Å². The minimum atomic E-state index is 0.322. The smallest absolute Gasteiger partial charge is 0.224 e. The van der Waals surface area contributed by atoms with Gasteiger partial charge in [0.05, 0.1) is 10.2 Å². The Balaban J connectivity index is 1.84. The lowest BCUT2D eigenvalue weighted by atomic mass is 10.2. The van der Waals surface area contributed by atoms with Crippen molar-refractivity contribution in [3.8, 4) is 0 Å². The topological polar surface area (TPSA) is 37.8 Å². The Morgan fingerprint density at radius 3 is 3.11 bits per heavy atom. The van der Waals surface area contributed by atoms with E-state index in [1.807, 2.05) is 23.2 Å². The second-order valence-corrected chi connectivity index (χ2v) is 6.88. The SMILES string of the molecule is CSC1CCC(Nc2nc(Cl)nc3ccsc23)C1. The van der Waals surface area contributed by atoms with E-state index >= 15 is 0 Å². The molecule has 0 radical (unpaired) electrons. The van der Waals surface area contributed by atoms with E-state index in [0.717, 1.165) is 21.3 Å². The molecule has 0 saturated heterocycles. The number of thiophene rings is 1. The molecule has 0 bridgehead atoms. The second kappa shape index (κ2) is 5.23. The molecule has 1 N–H and O–H groups in total. The first-order chi connectivity index (χ1) is 8.76. The summed E-state index contributed by atoms with van der Waals surface area (Å²) in [7, 11) is 0. The van der Waals surface area contributed by atoms with Crippen molar-refractivity contribution in [1.82, 2.24) is 9.97 Å². The quantitative estimate of drug-likeness (QED) is 0.868. The van der Waals surface area contributed by atoms with Crippen LogP contribution in [-0.2, 0) is 0 Å². The third-order valence-corrected chi connectivity index (χ3v) is 5.51. The number of hydrogen-bond donors (Lipinski definition) is 1. The molecular weight excluding hydrogens is 286 g/mol. The molecule has 2 heterocycles. The highest BCUT2D eigenvalue weighted by atomic mass is 35.5. The van der Waals surface area contributed by atoms with E-state index in [0.29, 0.717) is 11.3 Å². The molecule has 2 aromatic heterocycles. The highest BCUT2D eigenvalue weighted by molar-refractivity contribution is 7.99. The van der Waals surface area contributed by atoms with Crippen molar-refractivity contribution in [2.45, 2.75) is 30.6 Å². The van der Waals surface area contributed by atoms with Gasteiger partial charge in [-0.15, -0.1) is 11.3 Å². The monoisotopic (exact) mass is 299 g/mol. The van der Waals surface area contributed by atoms with Crippen LogP contribution in [0.4, 0.5) is 5.82 Å². The second-order valence-electron chi connectivity index (χ2n) is 4.49. The first-order valence-electron chi connectivity index (χ1n) is 5.96. The molecule has 2 atom stereocenters. The molecule has 18 heavy (non-hydrogen) atoms. The van der Waals surface area contributed by atoms with Crippen LogP contribution in [0.2, 0.25) is 5.28 Å². The predicted octanol–water partition coefficient (Wildman–Crippen LogP) is 4.04. The van der Waals surface area contributed by atoms with Gasteiger partial charge in [0.2, 0.25) is 5.28 Å². The van der Waals surface area contributed by atoms with E-state index < -0.39 is 0 Å². The molecule has 1 fully saturated rings. The summed E-state index contributed by atoms with van der Waals surface area (Å²) in [5.41, 5.74) is 0.932. The summed E-state index contributed by atoms with van der Waals surface area (Å²) in [5, 5.41) is 6.66. The number of thioether (sulfide) groups is 1. The van der Waals surface area contributed by atoms with Gasteiger partial charge in [-0.2, -0.15) is 16.7 Å². The number of nitrogens with one attached hydrogen (secondary N) is 1. The molecule has 2 aromatic rings. The van der Waals surface area contributed by atoms with E-state index in [1.165, 1.54) is 19.3 Å². The summed E-state index contributed by atoms with van der Waals surface area (Å²) in [6, 6.07) is 2.50. The average molecular weight is 300 g/mol. The molecule has 96 valence electrons. The molecular formula is C12H14ClN3S2. The molecule has 1 saturated carbocycles. The normalized spacial score (nSPS) is 23.7. The summed E-state index contributed by atoms with van der Waals surface area (Å²) >= 11 is 9.58. The van der Waals surface area contributed by atoms with Gasteiger partial charge in [0.25, 0.3) is 0 Å². The number of nitrogens with zero attached hydrogens (tertiary/aromatic N) is 2. The van der Waals surface area contributed by atoms with Crippen molar-refractivity contribution in [2.75, 3.05) is 11.6 Å². The minimum Gasteiger partial charge on any atom is -0.366 e. The molecule has 3 rings (SSSR count). The van der Waals surface area contributed by atoms with E-state index in [1.54, 1.807) is 11.3 Å². The van der Waals surface area contributed by atoms with Crippen molar-refractivity contribution in [3.05, 3.63) is 16.7 Å². The van der Waals surface area contributed by atoms with Gasteiger partial charge in [0.1, 0.15) is 5.82 Å². The van der Waals surface area contributed by atoms with Gasteiger partial charge < -0.3 is 5.32 Å². The van der Waals surface area contributed by atoms with Crippen LogP contribution in [0.1, 0.15) is 19.3 Å². The van der Waals surface area contributed by atoms with Gasteiger partial charge in [0.15, 0.2) is 0 Å². The molecule has 0 aromatic carbocycles. The number of aromatic nitrogens is 2. The largest absolute Gasteiger partial charge is 0.366 e. The Bertz CT molecular complexity index is 557. The Labute approximate surface area is 119 Å². The molecule has 0 amide bonds. The zero-order valence-electron chi connectivity index (χ0n) is 10.0. The van der Waals surface area contributed by atoms with Crippen molar-refractivity contribution >= 4 is 50.7 Å². The molecule has 1 aliphatic rings. The zero-order valence-corrected chi connectivity index (χ0v) is 12.4. The van der Waals surface area contributed by atoms with Gasteiger partial charge in [-0.05, 0) is 48.6 Å². The van der Waals surface area contributed by atoms with Crippen LogP contribution in [0.3, 0.4) is 0 Å². The van der Waals surface area contributed by atoms with E-state index in [-0.39, 0.29) is 0 Å². The maximum Gasteiger partial charge on any atom is 0.224 e. The number of rotatable bonds is 3. The van der Waals surface area contributed by atoms with E-state index in [2.05, 4.69) is 21.5 Å². The van der Waals surface area contributed by atoms with Crippen LogP contribution >= 0.6 is 34.7 Å². The van der Waals surface area contributed by atoms with Crippen molar-refractivity contribution in [3.63, 3.8) is 0 Å². The van der Waals surface area contributed by atoms with Crippen LogP contribution in [0.5, 0.6) is 0 Å². The molecule has 1 aliphatic carbocycles. The summed E-state index contributed by atoms with van der Waals surface area (Å²) in [6.07, 6.45) is 5.88. The van der Waals surface area contributed by atoms with Gasteiger partial charge in [-0.1, -0.05) is 0 Å². The highest BCUT2D eigenvalue weighted by Gasteiger charge is 2.24. The van der Waals surface area contributed by atoms with E-state index in [9.17, 15) is 0 Å². The Kier molecular flexibility index (Phi) is 3.63. The fourth-order valence-electron chi connectivity index (χ4n) is 2.41. The molecule has 6 heteroatoms. The Morgan fingerprint density at radius 2 is 2.33 bits per heavy atom. The lowest BCUT2D eigenvalue weighted by molar-refractivity contribution is 0.753. The Morgan fingerprint density at radius 1 is 1.44 bits per heavy atom. The lowest BCUT2D eigenvalue weighted by Crippen LogP contribution is -2.17. The van der Waals surface area contributed by atoms with Crippen molar-refractivity contribution in [2.24, 2.45) is 0 Å². The lowest BCUT2D eigenvalue weighted by Gasteiger charge is -2.14. The Hall–Kier alpha value is -0.520. The van der Waals surface area contributed by atoms with E-state index in [4.69, 9.17) is 11.6 Å². The van der Waals surface area contributed by atoms with Gasteiger partial charge >= 0.3 is 0 Å². The average Bonchev–Trinajstić information content (AvgIpc) is 2.97. The van der Waals surface area contributed by atoms with Crippen LogP contribution in [0, 0.1) is 0 Å². The summed E-state index contributed by atoms with van der Waals surface area (Å²) in [6.45, 7) is 0. The summed E-state index contributed by atoms with van der Waals surface area (Å²) in [4.78, 5) is 8.56. The zero-order chi connectivity index (χ0) is 12.5. The number of halogens is 1. The fourth-order valence-corrected chi connectivity index (χ4v) is 4.17. The molecule has 3 nitrogen and oxygen atoms in total. The maximum atomic E-state index is 5.96. The molecule has 2 unspecified atom stereocenters. The number of hydrogen-bond acceptors (Lipinski definition) is 5. The number of anilines is 1. The number of fused-ring (bicyclic) bond motifs is 1. The predicted molar refractivity (Wildman–Crippen MR) is 81.0 cm³/mol. The van der Waals surface area contributed by atoms with Gasteiger partial charge in [-0.25, -0.2) is 4.98 Å². The van der Waals surface area contributed by atoms with Crippen LogP contribution in [0.25, 0.3) is 10.2 Å². The summed E-state index contributed by atoms with van der Waals surface area (Å²) in [5.74, 6) is 0.895. The molecule has 0 spiro atoms. The maximum absolute atomic E-state index is 5.96. The summed E-state index contributed by atoms with van der Waals surface area (Å²) < 4.78 is 1.10. The van der Waals surface area contributed by atoms with Gasteiger partial charge in [0, 0.05) is 11.3 Å². The first-order valence-corrected chi connectivity index (χ1v) is 8.51. The van der Waals surface area contributed by atoms with Crippen LogP contribution < -0.4 is 5.32 Å².